The first-order valence-electron chi connectivity index (χ1n) is 8.69. The molecular formula is C19H16N8O3. The minimum atomic E-state index is -0.560. The summed E-state index contributed by atoms with van der Waals surface area (Å²) in [5, 5.41) is 24.6. The van der Waals surface area contributed by atoms with E-state index in [2.05, 4.69) is 42.7 Å². The summed E-state index contributed by atoms with van der Waals surface area (Å²) in [6.45, 7) is 3.86. The number of nitrogens with two attached hydrogens (primary N) is 1. The molecule has 0 spiro atoms. The standard InChI is InChI=1S/C19H16N8O3/c1-11(12-7-9-14(28)10-8-12)21-23-19(29)15-16(13-5-3-2-4-6-13)27(26-22-15)18-17(20)24-30-25-18/h2-10,21,28H,1H2,(H2,20,24)(H,23,29). The molecule has 0 radical (unpaired) electrons. The number of carbonyl (C=O) groups is 1. The number of hydrogen-bond acceptors (Lipinski definition) is 9. The fourth-order valence-electron chi connectivity index (χ4n) is 2.70. The first kappa shape index (κ1) is 18.7. The van der Waals surface area contributed by atoms with Crippen LogP contribution in [0.25, 0.3) is 22.8 Å². The third kappa shape index (κ3) is 3.54. The zero-order valence-corrected chi connectivity index (χ0v) is 15.5. The molecule has 4 aromatic rings. The highest BCUT2D eigenvalue weighted by molar-refractivity contribution is 5.98. The maximum Gasteiger partial charge on any atom is 0.292 e. The topological polar surface area (TPSA) is 157 Å². The van der Waals surface area contributed by atoms with Crippen LogP contribution >= 0.6 is 0 Å². The van der Waals surface area contributed by atoms with Crippen molar-refractivity contribution in [2.45, 2.75) is 0 Å². The van der Waals surface area contributed by atoms with Gasteiger partial charge in [-0.3, -0.25) is 15.6 Å². The lowest BCUT2D eigenvalue weighted by Gasteiger charge is -2.11. The van der Waals surface area contributed by atoms with Gasteiger partial charge in [0.05, 0.1) is 5.70 Å². The molecular weight excluding hydrogens is 388 g/mol. The first-order valence-corrected chi connectivity index (χ1v) is 8.69. The molecule has 2 aromatic carbocycles. The summed E-state index contributed by atoms with van der Waals surface area (Å²) < 4.78 is 5.92. The fourth-order valence-corrected chi connectivity index (χ4v) is 2.70. The smallest absolute Gasteiger partial charge is 0.292 e. The molecule has 0 atom stereocenters. The first-order chi connectivity index (χ1) is 14.5. The zero-order valence-electron chi connectivity index (χ0n) is 15.5. The molecule has 4 rings (SSSR count). The number of anilines is 1. The van der Waals surface area contributed by atoms with E-state index in [9.17, 15) is 9.90 Å². The lowest BCUT2D eigenvalue weighted by Crippen LogP contribution is -2.36. The van der Waals surface area contributed by atoms with Crippen LogP contribution in [0.15, 0.2) is 65.8 Å². The number of nitrogen functional groups attached to an aromatic ring is 1. The molecule has 0 aliphatic carbocycles. The van der Waals surface area contributed by atoms with Crippen molar-refractivity contribution in [1.82, 2.24) is 36.2 Å². The van der Waals surface area contributed by atoms with Gasteiger partial charge in [0.25, 0.3) is 5.91 Å². The summed E-state index contributed by atoms with van der Waals surface area (Å²) in [7, 11) is 0. The number of phenolic OH excluding ortho intramolecular Hbond substituents is 1. The lowest BCUT2D eigenvalue weighted by atomic mass is 10.1. The summed E-state index contributed by atoms with van der Waals surface area (Å²) in [6.07, 6.45) is 0. The summed E-state index contributed by atoms with van der Waals surface area (Å²) >= 11 is 0. The molecule has 2 heterocycles. The van der Waals surface area contributed by atoms with Crippen LogP contribution in [0.1, 0.15) is 16.1 Å². The van der Waals surface area contributed by atoms with E-state index in [0.717, 1.165) is 0 Å². The average Bonchev–Trinajstić information content (AvgIpc) is 3.38. The van der Waals surface area contributed by atoms with E-state index >= 15 is 0 Å². The molecule has 1 amide bonds. The van der Waals surface area contributed by atoms with Gasteiger partial charge in [-0.2, -0.15) is 4.68 Å². The summed E-state index contributed by atoms with van der Waals surface area (Å²) in [5.41, 5.74) is 13.2. The molecule has 0 saturated carbocycles. The van der Waals surface area contributed by atoms with Crippen molar-refractivity contribution < 1.29 is 14.5 Å². The van der Waals surface area contributed by atoms with Gasteiger partial charge in [0.1, 0.15) is 11.4 Å². The summed E-state index contributed by atoms with van der Waals surface area (Å²) in [4.78, 5) is 12.8. The van der Waals surface area contributed by atoms with Gasteiger partial charge in [0, 0.05) is 5.56 Å². The third-order valence-electron chi connectivity index (χ3n) is 4.17. The monoisotopic (exact) mass is 404 g/mol. The number of nitrogens with one attached hydrogen (secondary N) is 2. The molecule has 2 aromatic heterocycles. The second kappa shape index (κ2) is 7.75. The Morgan fingerprint density at radius 1 is 1.07 bits per heavy atom. The Kier molecular flexibility index (Phi) is 4.83. The van der Waals surface area contributed by atoms with E-state index in [1.54, 1.807) is 24.3 Å². The number of carbonyl (C=O) groups excluding carboxylic acids is 1. The molecule has 0 bridgehead atoms. The van der Waals surface area contributed by atoms with Crippen LogP contribution in [0.3, 0.4) is 0 Å². The van der Waals surface area contributed by atoms with Gasteiger partial charge in [-0.1, -0.05) is 42.1 Å². The number of benzene rings is 2. The maximum atomic E-state index is 12.8. The van der Waals surface area contributed by atoms with E-state index in [1.807, 2.05) is 18.2 Å². The lowest BCUT2D eigenvalue weighted by molar-refractivity contribution is 0.0938. The van der Waals surface area contributed by atoms with Crippen LogP contribution in [-0.2, 0) is 0 Å². The van der Waals surface area contributed by atoms with E-state index < -0.39 is 5.91 Å². The Morgan fingerprint density at radius 2 is 1.80 bits per heavy atom. The average molecular weight is 404 g/mol. The van der Waals surface area contributed by atoms with Crippen molar-refractivity contribution in [3.8, 4) is 22.8 Å². The molecule has 0 saturated heterocycles. The van der Waals surface area contributed by atoms with E-state index in [1.165, 1.54) is 16.8 Å². The molecule has 0 unspecified atom stereocenters. The van der Waals surface area contributed by atoms with Crippen molar-refractivity contribution in [3.05, 3.63) is 72.4 Å². The van der Waals surface area contributed by atoms with Crippen LogP contribution < -0.4 is 16.6 Å². The minimum absolute atomic E-state index is 0.00266. The van der Waals surface area contributed by atoms with Gasteiger partial charge in [0.15, 0.2) is 5.69 Å². The number of hydrogen-bond donors (Lipinski definition) is 4. The van der Waals surface area contributed by atoms with Crippen LogP contribution in [0.4, 0.5) is 5.82 Å². The molecule has 11 heteroatoms. The van der Waals surface area contributed by atoms with Crippen molar-refractivity contribution >= 4 is 17.4 Å². The highest BCUT2D eigenvalue weighted by Crippen LogP contribution is 2.26. The van der Waals surface area contributed by atoms with Gasteiger partial charge in [0.2, 0.25) is 11.6 Å². The van der Waals surface area contributed by atoms with Gasteiger partial charge in [-0.05, 0) is 40.1 Å². The Bertz CT molecular complexity index is 1200. The highest BCUT2D eigenvalue weighted by Gasteiger charge is 2.25. The second-order valence-corrected chi connectivity index (χ2v) is 6.14. The normalized spacial score (nSPS) is 10.5. The van der Waals surface area contributed by atoms with Crippen LogP contribution in [0, 0.1) is 0 Å². The van der Waals surface area contributed by atoms with Crippen molar-refractivity contribution in [2.75, 3.05) is 5.73 Å². The number of phenols is 1. The zero-order chi connectivity index (χ0) is 21.1. The molecule has 11 nitrogen and oxygen atoms in total. The SMILES string of the molecule is C=C(NNC(=O)c1nnn(-c2nonc2N)c1-c1ccccc1)c1ccc(O)cc1. The minimum Gasteiger partial charge on any atom is -0.508 e. The summed E-state index contributed by atoms with van der Waals surface area (Å²) in [5.74, 6) is -0.318. The number of aromatic hydroxyl groups is 1. The number of hydrazine groups is 1. The maximum absolute atomic E-state index is 12.8. The molecule has 5 N–H and O–H groups in total. The number of nitrogens with zero attached hydrogens (tertiary/aromatic N) is 5. The summed E-state index contributed by atoms with van der Waals surface area (Å²) in [6, 6.07) is 15.4. The molecule has 150 valence electrons. The predicted molar refractivity (Wildman–Crippen MR) is 107 cm³/mol. The van der Waals surface area contributed by atoms with Crippen molar-refractivity contribution in [2.24, 2.45) is 0 Å². The van der Waals surface area contributed by atoms with E-state index in [4.69, 9.17) is 5.73 Å². The van der Waals surface area contributed by atoms with Crippen molar-refractivity contribution in [3.63, 3.8) is 0 Å². The molecule has 0 aliphatic heterocycles. The van der Waals surface area contributed by atoms with E-state index in [0.29, 0.717) is 22.5 Å². The molecule has 0 fully saturated rings. The van der Waals surface area contributed by atoms with Crippen molar-refractivity contribution in [1.29, 1.82) is 0 Å². The van der Waals surface area contributed by atoms with Gasteiger partial charge >= 0.3 is 0 Å². The Labute approximate surface area is 169 Å². The van der Waals surface area contributed by atoms with Gasteiger partial charge in [-0.25, -0.2) is 4.63 Å². The predicted octanol–water partition coefficient (Wildman–Crippen LogP) is 1.51. The number of aromatic nitrogens is 5. The highest BCUT2D eigenvalue weighted by atomic mass is 16.6. The van der Waals surface area contributed by atoms with Crippen LogP contribution in [0.5, 0.6) is 5.75 Å². The molecule has 30 heavy (non-hydrogen) atoms. The quantitative estimate of drug-likeness (QED) is 0.350. The Morgan fingerprint density at radius 3 is 2.47 bits per heavy atom. The van der Waals surface area contributed by atoms with Crippen LogP contribution in [0.2, 0.25) is 0 Å². The van der Waals surface area contributed by atoms with Crippen LogP contribution in [-0.4, -0.2) is 36.3 Å². The number of rotatable bonds is 6. The van der Waals surface area contributed by atoms with Gasteiger partial charge in [-0.15, -0.1) is 5.10 Å². The Balaban J connectivity index is 1.63. The Hall–Kier alpha value is -4.67. The third-order valence-corrected chi connectivity index (χ3v) is 4.17. The largest absolute Gasteiger partial charge is 0.508 e. The molecule has 0 aliphatic rings. The van der Waals surface area contributed by atoms with Gasteiger partial charge < -0.3 is 10.8 Å². The number of amides is 1. The van der Waals surface area contributed by atoms with E-state index in [-0.39, 0.29) is 23.1 Å². The fraction of sp³-hybridized carbons (Fsp3) is 0. The second-order valence-electron chi connectivity index (χ2n) is 6.14.